The first-order chi connectivity index (χ1) is 16.3. The number of nitrogens with zero attached hydrogens (tertiary/aromatic N) is 5. The van der Waals surface area contributed by atoms with Gasteiger partial charge in [0, 0.05) is 36.1 Å². The number of hydrogen-bond acceptors (Lipinski definition) is 5. The van der Waals surface area contributed by atoms with Crippen molar-refractivity contribution in [1.29, 1.82) is 0 Å². The first-order valence-corrected chi connectivity index (χ1v) is 10.5. The Morgan fingerprint density at radius 3 is 1.91 bits per heavy atom. The average molecular weight is 485 g/mol. The van der Waals surface area contributed by atoms with Crippen molar-refractivity contribution in [2.45, 2.75) is 32.4 Å². The van der Waals surface area contributed by atoms with Crippen LogP contribution in [0.15, 0.2) is 48.7 Å². The average Bonchev–Trinajstić information content (AvgIpc) is 3.39. The van der Waals surface area contributed by atoms with Gasteiger partial charge in [-0.15, -0.1) is 0 Å². The molecule has 2 amide bonds. The third-order valence-electron chi connectivity index (χ3n) is 5.07. The van der Waals surface area contributed by atoms with Crippen molar-refractivity contribution in [2.24, 2.45) is 7.05 Å². The second-order valence-corrected chi connectivity index (χ2v) is 8.93. The van der Waals surface area contributed by atoms with E-state index in [1.54, 1.807) is 64.3 Å². The number of halogens is 3. The van der Waals surface area contributed by atoms with Crippen LogP contribution in [0.1, 0.15) is 53.1 Å². The summed E-state index contributed by atoms with van der Waals surface area (Å²) in [6.45, 7) is 5.25. The predicted molar refractivity (Wildman–Crippen MR) is 122 cm³/mol. The summed E-state index contributed by atoms with van der Waals surface area (Å²) in [6.07, 6.45) is -3.04. The highest BCUT2D eigenvalue weighted by Crippen LogP contribution is 2.32. The summed E-state index contributed by atoms with van der Waals surface area (Å²) in [4.78, 5) is 29.2. The van der Waals surface area contributed by atoms with Crippen LogP contribution in [0.2, 0.25) is 0 Å². The van der Waals surface area contributed by atoms with Gasteiger partial charge in [0.15, 0.2) is 17.0 Å². The highest BCUT2D eigenvalue weighted by atomic mass is 19.4. The molecule has 12 heteroatoms. The van der Waals surface area contributed by atoms with Crippen molar-refractivity contribution in [2.75, 3.05) is 10.6 Å². The Kier molecular flexibility index (Phi) is 5.83. The number of carbonyl (C=O) groups excluding carboxylic acids is 2. The number of benzene rings is 1. The smallest absolute Gasteiger partial charge is 0.321 e. The molecule has 0 saturated carbocycles. The SMILES string of the molecule is Cn1ccc(C(=O)Nc2ccc(NC(=O)c3cc4nc(C(C)(C)C)cc(C(F)(F)F)n4n3)cc2)n1. The molecule has 35 heavy (non-hydrogen) atoms. The van der Waals surface area contributed by atoms with Crippen LogP contribution in [0.4, 0.5) is 24.5 Å². The second-order valence-electron chi connectivity index (χ2n) is 8.93. The Hall–Kier alpha value is -4.22. The Morgan fingerprint density at radius 1 is 0.857 bits per heavy atom. The van der Waals surface area contributed by atoms with Gasteiger partial charge in [0.25, 0.3) is 11.8 Å². The van der Waals surface area contributed by atoms with Gasteiger partial charge >= 0.3 is 6.18 Å². The summed E-state index contributed by atoms with van der Waals surface area (Å²) in [5.41, 5.74) is -0.640. The molecule has 2 N–H and O–H groups in total. The van der Waals surface area contributed by atoms with Crippen molar-refractivity contribution in [3.05, 3.63) is 71.4 Å². The lowest BCUT2D eigenvalue weighted by Crippen LogP contribution is -2.20. The zero-order valence-corrected chi connectivity index (χ0v) is 19.3. The zero-order chi connectivity index (χ0) is 25.5. The summed E-state index contributed by atoms with van der Waals surface area (Å²) < 4.78 is 43.1. The van der Waals surface area contributed by atoms with Gasteiger partial charge in [-0.25, -0.2) is 9.50 Å². The van der Waals surface area contributed by atoms with Crippen LogP contribution in [0.25, 0.3) is 5.65 Å². The number of fused-ring (bicyclic) bond motifs is 1. The van der Waals surface area contributed by atoms with Crippen LogP contribution >= 0.6 is 0 Å². The van der Waals surface area contributed by atoms with E-state index in [0.717, 1.165) is 6.07 Å². The molecule has 9 nitrogen and oxygen atoms in total. The summed E-state index contributed by atoms with van der Waals surface area (Å²) in [5, 5.41) is 13.1. The highest BCUT2D eigenvalue weighted by molar-refractivity contribution is 6.04. The molecule has 0 aliphatic rings. The monoisotopic (exact) mass is 485 g/mol. The zero-order valence-electron chi connectivity index (χ0n) is 19.3. The summed E-state index contributed by atoms with van der Waals surface area (Å²) in [5.74, 6) is -1.10. The molecular weight excluding hydrogens is 463 g/mol. The first kappa shape index (κ1) is 23.9. The Bertz CT molecular complexity index is 1410. The maximum Gasteiger partial charge on any atom is 0.433 e. The second kappa shape index (κ2) is 8.53. The van der Waals surface area contributed by atoms with Crippen LogP contribution in [0.5, 0.6) is 0 Å². The van der Waals surface area contributed by atoms with Gasteiger partial charge in [0.1, 0.15) is 5.69 Å². The van der Waals surface area contributed by atoms with Crippen LogP contribution in [0.3, 0.4) is 0 Å². The van der Waals surface area contributed by atoms with Gasteiger partial charge in [-0.2, -0.15) is 23.4 Å². The summed E-state index contributed by atoms with van der Waals surface area (Å²) in [7, 11) is 1.70. The summed E-state index contributed by atoms with van der Waals surface area (Å²) >= 11 is 0. The lowest BCUT2D eigenvalue weighted by molar-refractivity contribution is -0.142. The molecule has 0 aliphatic heterocycles. The maximum atomic E-state index is 13.7. The molecule has 3 aromatic heterocycles. The molecule has 0 atom stereocenters. The van der Waals surface area contributed by atoms with E-state index in [1.165, 1.54) is 10.7 Å². The number of aryl methyl sites for hydroxylation is 1. The van der Waals surface area contributed by atoms with Crippen molar-refractivity contribution in [3.63, 3.8) is 0 Å². The normalized spacial score (nSPS) is 12.1. The standard InChI is InChI=1S/C23H22F3N7O2/c1-22(2,3)17-12-18(23(24,25)26)33-19(29-17)11-16(31-33)21(35)28-14-7-5-13(6-8-14)27-20(34)15-9-10-32(4)30-15/h5-12H,1-4H3,(H,27,34)(H,28,35). The van der Waals surface area contributed by atoms with Crippen LogP contribution in [-0.2, 0) is 18.6 Å². The molecular formula is C23H22F3N7O2. The van der Waals surface area contributed by atoms with Crippen LogP contribution < -0.4 is 10.6 Å². The number of hydrogen-bond donors (Lipinski definition) is 2. The summed E-state index contributed by atoms with van der Waals surface area (Å²) in [6, 6.07) is 9.94. The van der Waals surface area contributed by atoms with Crippen molar-refractivity contribution in [3.8, 4) is 0 Å². The van der Waals surface area contributed by atoms with Crippen molar-refractivity contribution < 1.29 is 22.8 Å². The molecule has 0 unspecified atom stereocenters. The molecule has 0 radical (unpaired) electrons. The van der Waals surface area contributed by atoms with E-state index >= 15 is 0 Å². The minimum Gasteiger partial charge on any atom is -0.321 e. The number of amides is 2. The Labute approximate surface area is 198 Å². The molecule has 0 spiro atoms. The number of alkyl halides is 3. The lowest BCUT2D eigenvalue weighted by atomic mass is 9.91. The quantitative estimate of drug-likeness (QED) is 0.449. The molecule has 0 fully saturated rings. The van der Waals surface area contributed by atoms with Gasteiger partial charge in [0.05, 0.1) is 5.69 Å². The minimum atomic E-state index is -4.68. The number of aromatic nitrogens is 5. The number of anilines is 2. The molecule has 0 aliphatic carbocycles. The fourth-order valence-electron chi connectivity index (χ4n) is 3.23. The molecule has 4 rings (SSSR count). The van der Waals surface area contributed by atoms with Crippen molar-refractivity contribution >= 4 is 28.8 Å². The highest BCUT2D eigenvalue weighted by Gasteiger charge is 2.36. The Balaban J connectivity index is 1.54. The van der Waals surface area contributed by atoms with E-state index < -0.39 is 29.1 Å². The van der Waals surface area contributed by atoms with Crippen molar-refractivity contribution in [1.82, 2.24) is 24.4 Å². The maximum absolute atomic E-state index is 13.7. The van der Waals surface area contributed by atoms with E-state index in [0.29, 0.717) is 15.9 Å². The van der Waals surface area contributed by atoms with Gasteiger partial charge in [0.2, 0.25) is 0 Å². The van der Waals surface area contributed by atoms with E-state index in [1.807, 2.05) is 0 Å². The van der Waals surface area contributed by atoms with Gasteiger partial charge in [-0.3, -0.25) is 14.3 Å². The molecule has 4 aromatic rings. The molecule has 182 valence electrons. The van der Waals surface area contributed by atoms with Crippen LogP contribution in [0, 0.1) is 0 Å². The lowest BCUT2D eigenvalue weighted by Gasteiger charge is -2.19. The van der Waals surface area contributed by atoms with E-state index in [9.17, 15) is 22.8 Å². The third kappa shape index (κ3) is 5.15. The topological polar surface area (TPSA) is 106 Å². The fourth-order valence-corrected chi connectivity index (χ4v) is 3.23. The fraction of sp³-hybridized carbons (Fsp3) is 0.261. The first-order valence-electron chi connectivity index (χ1n) is 10.5. The van der Waals surface area contributed by atoms with E-state index in [2.05, 4.69) is 25.8 Å². The van der Waals surface area contributed by atoms with Gasteiger partial charge < -0.3 is 10.6 Å². The third-order valence-corrected chi connectivity index (χ3v) is 5.07. The Morgan fingerprint density at radius 2 is 1.43 bits per heavy atom. The molecule has 0 saturated heterocycles. The van der Waals surface area contributed by atoms with Gasteiger partial charge in [-0.05, 0) is 36.4 Å². The van der Waals surface area contributed by atoms with Crippen LogP contribution in [-0.4, -0.2) is 36.2 Å². The molecule has 1 aromatic carbocycles. The van der Waals surface area contributed by atoms with E-state index in [-0.39, 0.29) is 22.7 Å². The largest absolute Gasteiger partial charge is 0.433 e. The molecule has 3 heterocycles. The van der Waals surface area contributed by atoms with Gasteiger partial charge in [-0.1, -0.05) is 20.8 Å². The number of carbonyl (C=O) groups is 2. The minimum absolute atomic E-state index is 0.0810. The number of nitrogens with one attached hydrogen (secondary N) is 2. The van der Waals surface area contributed by atoms with E-state index in [4.69, 9.17) is 0 Å². The molecule has 0 bridgehead atoms. The number of rotatable bonds is 4. The predicted octanol–water partition coefficient (Wildman–Crippen LogP) is 4.28.